The molecule has 150 valence electrons. The summed E-state index contributed by atoms with van der Waals surface area (Å²) in [5, 5.41) is 9.01. The Kier molecular flexibility index (Phi) is 7.82. The molecular weight excluding hydrogens is 354 g/mol. The summed E-state index contributed by atoms with van der Waals surface area (Å²) < 4.78 is 80.0. The zero-order valence-electron chi connectivity index (χ0n) is 15.0. The van der Waals surface area contributed by atoms with Gasteiger partial charge in [0, 0.05) is 0 Å². The second-order valence-electron chi connectivity index (χ2n) is 7.74. The first kappa shape index (κ1) is 24.0. The summed E-state index contributed by atoms with van der Waals surface area (Å²) in [4.78, 5) is 12.1. The second-order valence-corrected chi connectivity index (χ2v) is 7.74. The maximum atomic E-state index is 12.5. The normalized spacial score (nSPS) is 15.4. The van der Waals surface area contributed by atoms with Gasteiger partial charge in [0.05, 0.1) is 12.5 Å². The van der Waals surface area contributed by atoms with Crippen molar-refractivity contribution in [1.29, 1.82) is 0 Å². The van der Waals surface area contributed by atoms with Crippen LogP contribution in [0.5, 0.6) is 0 Å². The van der Waals surface area contributed by atoms with Crippen LogP contribution in [0.4, 0.5) is 26.3 Å². The van der Waals surface area contributed by atoms with Gasteiger partial charge in [0.2, 0.25) is 0 Å². The molecule has 0 fully saturated rings. The predicted molar refractivity (Wildman–Crippen MR) is 79.7 cm³/mol. The SMILES string of the molecule is CC(C)C(CC(C)(C)C)C(=O)OCCCC(O)(C(F)(F)F)C(F)(F)F. The molecule has 0 radical (unpaired) electrons. The van der Waals surface area contributed by atoms with Gasteiger partial charge >= 0.3 is 18.3 Å². The van der Waals surface area contributed by atoms with E-state index < -0.39 is 49.3 Å². The van der Waals surface area contributed by atoms with Crippen LogP contribution in [0.2, 0.25) is 0 Å². The Hall–Kier alpha value is -0.990. The van der Waals surface area contributed by atoms with Gasteiger partial charge in [0.15, 0.2) is 0 Å². The molecule has 0 amide bonds. The fourth-order valence-electron chi connectivity index (χ4n) is 2.30. The van der Waals surface area contributed by atoms with Crippen molar-refractivity contribution in [1.82, 2.24) is 0 Å². The fourth-order valence-corrected chi connectivity index (χ4v) is 2.30. The van der Waals surface area contributed by atoms with E-state index in [9.17, 15) is 31.1 Å². The van der Waals surface area contributed by atoms with Crippen LogP contribution in [-0.2, 0) is 9.53 Å². The Bertz CT molecular complexity index is 421. The van der Waals surface area contributed by atoms with E-state index in [1.54, 1.807) is 13.8 Å². The maximum Gasteiger partial charge on any atom is 0.426 e. The number of carbonyl (C=O) groups excluding carboxylic acids is 1. The van der Waals surface area contributed by atoms with Crippen LogP contribution in [0.3, 0.4) is 0 Å². The molecule has 9 heteroatoms. The Morgan fingerprint density at radius 3 is 1.76 bits per heavy atom. The lowest BCUT2D eigenvalue weighted by atomic mass is 9.80. The minimum atomic E-state index is -5.86. The molecule has 3 nitrogen and oxygen atoms in total. The molecule has 0 heterocycles. The van der Waals surface area contributed by atoms with Crippen LogP contribution < -0.4 is 0 Å². The Morgan fingerprint density at radius 2 is 1.44 bits per heavy atom. The van der Waals surface area contributed by atoms with Crippen molar-refractivity contribution in [2.45, 2.75) is 71.8 Å². The fraction of sp³-hybridized carbons (Fsp3) is 0.938. The highest BCUT2D eigenvalue weighted by Gasteiger charge is 2.69. The molecule has 0 aliphatic carbocycles. The van der Waals surface area contributed by atoms with E-state index in [1.807, 2.05) is 20.8 Å². The average molecular weight is 380 g/mol. The zero-order chi connectivity index (χ0) is 20.3. The van der Waals surface area contributed by atoms with Crippen molar-refractivity contribution < 1.29 is 41.0 Å². The molecule has 0 bridgehead atoms. The van der Waals surface area contributed by atoms with Gasteiger partial charge < -0.3 is 9.84 Å². The van der Waals surface area contributed by atoms with Crippen molar-refractivity contribution in [2.75, 3.05) is 6.61 Å². The smallest absolute Gasteiger partial charge is 0.426 e. The number of hydrogen-bond donors (Lipinski definition) is 1. The first-order valence-corrected chi connectivity index (χ1v) is 7.95. The third kappa shape index (κ3) is 7.03. The Morgan fingerprint density at radius 1 is 1.00 bits per heavy atom. The highest BCUT2D eigenvalue weighted by molar-refractivity contribution is 5.72. The minimum Gasteiger partial charge on any atom is -0.465 e. The average Bonchev–Trinajstić information content (AvgIpc) is 2.36. The van der Waals surface area contributed by atoms with Crippen LogP contribution >= 0.6 is 0 Å². The molecule has 0 saturated carbocycles. The monoisotopic (exact) mass is 380 g/mol. The van der Waals surface area contributed by atoms with E-state index in [0.29, 0.717) is 6.42 Å². The summed E-state index contributed by atoms with van der Waals surface area (Å²) in [5.41, 5.74) is -5.00. The van der Waals surface area contributed by atoms with Crippen LogP contribution in [0.1, 0.15) is 53.9 Å². The number of hydrogen-bond acceptors (Lipinski definition) is 3. The molecule has 25 heavy (non-hydrogen) atoms. The molecule has 0 spiro atoms. The molecule has 1 unspecified atom stereocenters. The molecule has 1 N–H and O–H groups in total. The number of ether oxygens (including phenoxy) is 1. The molecule has 0 rings (SSSR count). The highest BCUT2D eigenvalue weighted by Crippen LogP contribution is 2.45. The van der Waals surface area contributed by atoms with Crippen molar-refractivity contribution in [3.63, 3.8) is 0 Å². The topological polar surface area (TPSA) is 46.5 Å². The van der Waals surface area contributed by atoms with Crippen molar-refractivity contribution in [3.05, 3.63) is 0 Å². The lowest BCUT2D eigenvalue weighted by molar-refractivity contribution is -0.370. The number of halogens is 6. The van der Waals surface area contributed by atoms with E-state index >= 15 is 0 Å². The van der Waals surface area contributed by atoms with Crippen molar-refractivity contribution in [3.8, 4) is 0 Å². The van der Waals surface area contributed by atoms with Gasteiger partial charge in [-0.25, -0.2) is 0 Å². The number of alkyl halides is 6. The van der Waals surface area contributed by atoms with Crippen molar-refractivity contribution in [2.24, 2.45) is 17.3 Å². The van der Waals surface area contributed by atoms with E-state index in [2.05, 4.69) is 0 Å². The standard InChI is InChI=1S/C16H26F6O3/c1-10(2)11(9-13(3,4)5)12(23)25-8-6-7-14(24,15(17,18)19)16(20,21)22/h10-11,24H,6-9H2,1-5H3. The van der Waals surface area contributed by atoms with Crippen LogP contribution in [0.15, 0.2) is 0 Å². The molecule has 0 aromatic rings. The third-order valence-electron chi connectivity index (χ3n) is 3.80. The quantitative estimate of drug-likeness (QED) is 0.389. The van der Waals surface area contributed by atoms with Gasteiger partial charge in [-0.05, 0) is 30.6 Å². The summed E-state index contributed by atoms with van der Waals surface area (Å²) in [6.07, 6.45) is -13.6. The van der Waals surface area contributed by atoms with Gasteiger partial charge in [-0.15, -0.1) is 0 Å². The van der Waals surface area contributed by atoms with Crippen LogP contribution in [-0.4, -0.2) is 35.6 Å². The molecular formula is C16H26F6O3. The molecule has 0 aromatic heterocycles. The van der Waals surface area contributed by atoms with Gasteiger partial charge in [-0.3, -0.25) is 4.79 Å². The highest BCUT2D eigenvalue weighted by atomic mass is 19.4. The summed E-state index contributed by atoms with van der Waals surface area (Å²) >= 11 is 0. The second kappa shape index (κ2) is 8.14. The number of carbonyl (C=O) groups is 1. The lowest BCUT2D eigenvalue weighted by Gasteiger charge is -2.32. The van der Waals surface area contributed by atoms with Crippen LogP contribution in [0, 0.1) is 17.3 Å². The van der Waals surface area contributed by atoms with Gasteiger partial charge in [-0.1, -0.05) is 34.6 Å². The Labute approximate surface area is 143 Å². The van der Waals surface area contributed by atoms with Gasteiger partial charge in [0.1, 0.15) is 0 Å². The van der Waals surface area contributed by atoms with Gasteiger partial charge in [-0.2, -0.15) is 26.3 Å². The third-order valence-corrected chi connectivity index (χ3v) is 3.80. The van der Waals surface area contributed by atoms with Crippen LogP contribution in [0.25, 0.3) is 0 Å². The summed E-state index contributed by atoms with van der Waals surface area (Å²) in [7, 11) is 0. The molecule has 1 atom stereocenters. The molecule has 0 saturated heterocycles. The van der Waals surface area contributed by atoms with E-state index in [0.717, 1.165) is 0 Å². The predicted octanol–water partition coefficient (Wildman–Crippen LogP) is 4.87. The first-order valence-electron chi connectivity index (χ1n) is 7.95. The number of esters is 1. The summed E-state index contributed by atoms with van der Waals surface area (Å²) in [6.45, 7) is 8.65. The van der Waals surface area contributed by atoms with E-state index in [1.165, 1.54) is 0 Å². The summed E-state index contributed by atoms with van der Waals surface area (Å²) in [6, 6.07) is 0. The molecule has 0 aliphatic heterocycles. The van der Waals surface area contributed by atoms with Gasteiger partial charge in [0.25, 0.3) is 5.60 Å². The van der Waals surface area contributed by atoms with E-state index in [4.69, 9.17) is 9.84 Å². The Balaban J connectivity index is 4.76. The van der Waals surface area contributed by atoms with Crippen molar-refractivity contribution >= 4 is 5.97 Å². The number of aliphatic hydroxyl groups is 1. The minimum absolute atomic E-state index is 0.0889. The number of rotatable bonds is 7. The zero-order valence-corrected chi connectivity index (χ0v) is 15.0. The summed E-state index contributed by atoms with van der Waals surface area (Å²) in [5.74, 6) is -1.26. The van der Waals surface area contributed by atoms with E-state index in [-0.39, 0.29) is 11.3 Å². The molecule has 0 aliphatic rings. The maximum absolute atomic E-state index is 12.5. The largest absolute Gasteiger partial charge is 0.465 e. The molecule has 0 aromatic carbocycles. The lowest BCUT2D eigenvalue weighted by Crippen LogP contribution is -2.56. The first-order chi connectivity index (χ1) is 10.9.